The monoisotopic (exact) mass is 519 g/mol. The Morgan fingerprint density at radius 2 is 1.92 bits per heavy atom. The zero-order valence-electron chi connectivity index (χ0n) is 19.1. The van der Waals surface area contributed by atoms with Gasteiger partial charge in [-0.1, -0.05) is 18.2 Å². The minimum atomic E-state index is -1.24. The molecule has 0 radical (unpaired) electrons. The lowest BCUT2D eigenvalue weighted by atomic mass is 10.1. The largest absolute Gasteiger partial charge is 0.480 e. The number of urea groups is 2. The lowest BCUT2D eigenvalue weighted by molar-refractivity contribution is -0.138. The lowest BCUT2D eigenvalue weighted by Crippen LogP contribution is -2.47. The first-order chi connectivity index (χ1) is 17.2. The third-order valence-corrected chi connectivity index (χ3v) is 6.39. The Kier molecular flexibility index (Phi) is 7.27. The summed E-state index contributed by atoms with van der Waals surface area (Å²) < 4.78 is 21.1. The molecular weight excluding hydrogens is 497 g/mol. The summed E-state index contributed by atoms with van der Waals surface area (Å²) in [6.07, 6.45) is -0.263. The number of amides is 5. The van der Waals surface area contributed by atoms with Crippen molar-refractivity contribution in [2.75, 3.05) is 34.8 Å². The van der Waals surface area contributed by atoms with Crippen LogP contribution in [0.15, 0.2) is 48.5 Å². The van der Waals surface area contributed by atoms with Crippen LogP contribution in [0.1, 0.15) is 6.42 Å². The Morgan fingerprint density at radius 3 is 2.56 bits per heavy atom. The maximum atomic E-state index is 14.9. The molecule has 0 aliphatic carbocycles. The summed E-state index contributed by atoms with van der Waals surface area (Å²) in [5.41, 5.74) is 0.233. The highest BCUT2D eigenvalue weighted by molar-refractivity contribution is 6.36. The van der Waals surface area contributed by atoms with Gasteiger partial charge in [0.1, 0.15) is 11.9 Å². The summed E-state index contributed by atoms with van der Waals surface area (Å²) >= 11 is 6.24. The van der Waals surface area contributed by atoms with Crippen molar-refractivity contribution in [1.29, 1.82) is 0 Å². The van der Waals surface area contributed by atoms with Crippen LogP contribution in [0.2, 0.25) is 0 Å². The zero-order chi connectivity index (χ0) is 26.0. The van der Waals surface area contributed by atoms with Gasteiger partial charge in [0.2, 0.25) is 5.91 Å². The van der Waals surface area contributed by atoms with E-state index >= 15 is 0 Å². The van der Waals surface area contributed by atoms with E-state index in [4.69, 9.17) is 16.5 Å². The molecule has 3 N–H and O–H groups in total. The molecule has 13 heteroatoms. The highest BCUT2D eigenvalue weighted by Crippen LogP contribution is 2.29. The first-order valence-corrected chi connectivity index (χ1v) is 11.3. The first-order valence-electron chi connectivity index (χ1n) is 11.0. The average molecular weight is 520 g/mol. The zero-order valence-corrected chi connectivity index (χ0v) is 19.8. The van der Waals surface area contributed by atoms with Crippen LogP contribution in [0.5, 0.6) is 0 Å². The number of nitrogens with one attached hydrogen (secondary N) is 2. The number of hydrogen-bond acceptors (Lipinski definition) is 5. The SMILES string of the molecule is COC1CC(C(=O)Nc2ccc(N3C(=O)NCC3C(=O)O)cc2F)N(C(=O)N(Cl)c2ccccc2)C1. The number of methoxy groups -OCH3 is 1. The number of carbonyl (C=O) groups is 4. The van der Waals surface area contributed by atoms with E-state index in [0.717, 1.165) is 15.4 Å². The number of hydrogen-bond donors (Lipinski definition) is 3. The fourth-order valence-corrected chi connectivity index (χ4v) is 4.39. The van der Waals surface area contributed by atoms with Crippen molar-refractivity contribution in [2.24, 2.45) is 0 Å². The van der Waals surface area contributed by atoms with Gasteiger partial charge >= 0.3 is 18.0 Å². The fraction of sp³-hybridized carbons (Fsp3) is 0.304. The number of anilines is 3. The maximum absolute atomic E-state index is 14.9. The molecular formula is C23H23ClFN5O6. The number of para-hydroxylation sites is 1. The predicted molar refractivity (Wildman–Crippen MR) is 128 cm³/mol. The number of carboxylic acids is 1. The number of benzene rings is 2. The topological polar surface area (TPSA) is 132 Å². The minimum Gasteiger partial charge on any atom is -0.480 e. The third kappa shape index (κ3) is 4.90. The van der Waals surface area contributed by atoms with Crippen molar-refractivity contribution in [1.82, 2.24) is 10.2 Å². The molecule has 2 saturated heterocycles. The van der Waals surface area contributed by atoms with Gasteiger partial charge in [-0.05, 0) is 30.3 Å². The van der Waals surface area contributed by atoms with Gasteiger partial charge in [-0.15, -0.1) is 0 Å². The Hall–Kier alpha value is -3.90. The second kappa shape index (κ2) is 10.4. The number of aliphatic carboxylic acids is 1. The summed E-state index contributed by atoms with van der Waals surface area (Å²) in [4.78, 5) is 51.8. The van der Waals surface area contributed by atoms with E-state index in [1.165, 1.54) is 24.1 Å². The fourth-order valence-electron chi connectivity index (χ4n) is 4.18. The Labute approximate surface area is 210 Å². The van der Waals surface area contributed by atoms with Gasteiger partial charge in [-0.2, -0.15) is 0 Å². The maximum Gasteiger partial charge on any atom is 0.340 e. The van der Waals surface area contributed by atoms with Gasteiger partial charge in [0, 0.05) is 37.5 Å². The van der Waals surface area contributed by atoms with Crippen molar-refractivity contribution in [3.05, 3.63) is 54.3 Å². The number of nitrogens with zero attached hydrogens (tertiary/aromatic N) is 3. The van der Waals surface area contributed by atoms with Crippen molar-refractivity contribution in [2.45, 2.75) is 24.6 Å². The van der Waals surface area contributed by atoms with Gasteiger partial charge in [0.15, 0.2) is 6.04 Å². The molecule has 5 amide bonds. The van der Waals surface area contributed by atoms with Crippen LogP contribution in [0.25, 0.3) is 0 Å². The predicted octanol–water partition coefficient (Wildman–Crippen LogP) is 2.62. The average Bonchev–Trinajstić information content (AvgIpc) is 3.49. The van der Waals surface area contributed by atoms with Gasteiger partial charge < -0.3 is 25.4 Å². The molecule has 0 saturated carbocycles. The smallest absolute Gasteiger partial charge is 0.340 e. The third-order valence-electron chi connectivity index (χ3n) is 6.05. The summed E-state index contributed by atoms with van der Waals surface area (Å²) in [6, 6.07) is 8.47. The number of halogens is 2. The van der Waals surface area contributed by atoms with Gasteiger partial charge in [0.05, 0.1) is 24.0 Å². The molecule has 11 nitrogen and oxygen atoms in total. The molecule has 0 bridgehead atoms. The number of ether oxygens (including phenoxy) is 1. The standard InChI is InChI=1S/C23H23ClFN5O6/c1-36-15-10-18(28(12-15)23(35)30(24)13-5-3-2-4-6-13)20(31)27-17-8-7-14(9-16(17)25)29-19(21(32)33)11-26-22(29)34/h2-9,15,18-19H,10-12H2,1H3,(H,26,34)(H,27,31)(H,32,33). The second-order valence-corrected chi connectivity index (χ2v) is 8.56. The van der Waals surface area contributed by atoms with E-state index in [-0.39, 0.29) is 30.9 Å². The molecule has 36 heavy (non-hydrogen) atoms. The summed E-state index contributed by atoms with van der Waals surface area (Å²) in [6.45, 7) is -0.0212. The molecule has 3 unspecified atom stereocenters. The molecule has 2 aliphatic heterocycles. The van der Waals surface area contributed by atoms with Crippen molar-refractivity contribution < 1.29 is 33.4 Å². The molecule has 2 heterocycles. The number of carbonyl (C=O) groups excluding carboxylic acids is 3. The van der Waals surface area contributed by atoms with Gasteiger partial charge in [-0.25, -0.2) is 23.2 Å². The van der Waals surface area contributed by atoms with Crippen molar-refractivity contribution >= 4 is 52.8 Å². The molecule has 190 valence electrons. The normalized spacial score (nSPS) is 21.3. The second-order valence-electron chi connectivity index (χ2n) is 8.22. The number of likely N-dealkylation sites (tertiary alicyclic amines) is 1. The molecule has 2 aliphatic rings. The number of rotatable bonds is 6. The van der Waals surface area contributed by atoms with Gasteiger partial charge in [0.25, 0.3) is 0 Å². The van der Waals surface area contributed by atoms with E-state index in [1.54, 1.807) is 30.3 Å². The van der Waals surface area contributed by atoms with Gasteiger partial charge in [-0.3, -0.25) is 9.69 Å². The van der Waals surface area contributed by atoms with Crippen LogP contribution in [-0.4, -0.2) is 72.3 Å². The summed E-state index contributed by atoms with van der Waals surface area (Å²) in [7, 11) is 1.46. The van der Waals surface area contributed by atoms with Crippen LogP contribution in [0.3, 0.4) is 0 Å². The molecule has 2 aromatic carbocycles. The Bertz CT molecular complexity index is 1180. The highest BCUT2D eigenvalue weighted by Gasteiger charge is 2.42. The molecule has 2 aromatic rings. The quantitative estimate of drug-likeness (QED) is 0.503. The van der Waals surface area contributed by atoms with Crippen LogP contribution < -0.4 is 20.0 Å². The summed E-state index contributed by atoms with van der Waals surface area (Å²) in [5, 5.41) is 14.2. The van der Waals surface area contributed by atoms with E-state index in [0.29, 0.717) is 5.69 Å². The molecule has 0 aromatic heterocycles. The minimum absolute atomic E-state index is 0.0191. The van der Waals surface area contributed by atoms with Crippen LogP contribution in [0.4, 0.5) is 31.0 Å². The number of carboxylic acid groups (broad SMARTS) is 1. The first kappa shape index (κ1) is 25.2. The van der Waals surface area contributed by atoms with E-state index < -0.39 is 47.9 Å². The van der Waals surface area contributed by atoms with E-state index in [2.05, 4.69) is 10.6 Å². The van der Waals surface area contributed by atoms with E-state index in [1.807, 2.05) is 0 Å². The van der Waals surface area contributed by atoms with Crippen molar-refractivity contribution in [3.63, 3.8) is 0 Å². The Balaban J connectivity index is 1.51. The van der Waals surface area contributed by atoms with Crippen molar-refractivity contribution in [3.8, 4) is 0 Å². The molecule has 3 atom stereocenters. The molecule has 0 spiro atoms. The van der Waals surface area contributed by atoms with Crippen LogP contribution >= 0.6 is 11.8 Å². The highest BCUT2D eigenvalue weighted by atomic mass is 35.5. The van der Waals surface area contributed by atoms with E-state index in [9.17, 15) is 28.7 Å². The molecule has 4 rings (SSSR count). The van der Waals surface area contributed by atoms with Crippen LogP contribution in [-0.2, 0) is 14.3 Å². The lowest BCUT2D eigenvalue weighted by Gasteiger charge is -2.27. The summed E-state index contributed by atoms with van der Waals surface area (Å²) in [5.74, 6) is -2.78. The molecule has 2 fully saturated rings. The van der Waals surface area contributed by atoms with Crippen LogP contribution in [0, 0.1) is 5.82 Å². The Morgan fingerprint density at radius 1 is 1.19 bits per heavy atom.